The summed E-state index contributed by atoms with van der Waals surface area (Å²) in [5.41, 5.74) is 7.98. The third-order valence-electron chi connectivity index (χ3n) is 6.49. The first-order valence-corrected chi connectivity index (χ1v) is 13.8. The largest absolute Gasteiger partial charge is 0.0775 e. The van der Waals surface area contributed by atoms with Crippen molar-refractivity contribution >= 4 is 19.3 Å². The minimum absolute atomic E-state index is 0.549. The molecule has 1 heteroatoms. The zero-order valence-corrected chi connectivity index (χ0v) is 17.9. The van der Waals surface area contributed by atoms with Crippen molar-refractivity contribution in [2.24, 2.45) is 5.41 Å². The Labute approximate surface area is 160 Å². The summed E-state index contributed by atoms with van der Waals surface area (Å²) >= 11 is 0. The Morgan fingerprint density at radius 3 is 2.27 bits per heavy atom. The molecule has 1 saturated carbocycles. The van der Waals surface area contributed by atoms with Gasteiger partial charge in [0.1, 0.15) is 0 Å². The monoisotopic (exact) mass is 360 g/mol. The first-order valence-electron chi connectivity index (χ1n) is 10.3. The van der Waals surface area contributed by atoms with Gasteiger partial charge in [-0.2, -0.15) is 0 Å². The zero-order valence-electron chi connectivity index (χ0n) is 16.9. The normalized spacial score (nSPS) is 18.7. The molecule has 136 valence electrons. The molecule has 2 aliphatic rings. The van der Waals surface area contributed by atoms with Crippen molar-refractivity contribution in [3.05, 3.63) is 59.2 Å². The molecule has 0 aliphatic heterocycles. The minimum atomic E-state index is -1.23. The van der Waals surface area contributed by atoms with Gasteiger partial charge < -0.3 is 0 Å². The Morgan fingerprint density at radius 2 is 1.62 bits per heavy atom. The lowest BCUT2D eigenvalue weighted by Crippen LogP contribution is -2.37. The van der Waals surface area contributed by atoms with Crippen molar-refractivity contribution in [1.82, 2.24) is 0 Å². The highest BCUT2D eigenvalue weighted by molar-refractivity contribution is 6.88. The van der Waals surface area contributed by atoms with E-state index in [4.69, 9.17) is 0 Å². The van der Waals surface area contributed by atoms with Crippen molar-refractivity contribution in [2.45, 2.75) is 65.1 Å². The fourth-order valence-electron chi connectivity index (χ4n) is 4.91. The number of allylic oxidation sites excluding steroid dienone is 1. The van der Waals surface area contributed by atoms with Gasteiger partial charge in [-0.3, -0.25) is 0 Å². The molecule has 0 aromatic heterocycles. The predicted octanol–water partition coefficient (Wildman–Crippen LogP) is 6.81. The molecule has 2 aromatic rings. The highest BCUT2D eigenvalue weighted by Crippen LogP contribution is 2.45. The predicted molar refractivity (Wildman–Crippen MR) is 118 cm³/mol. The standard InChI is InChI=1S/C25H32Si/c1-25(14-5-6-15-25)18-19-16-21-8-7-9-23(24(21)17-19)20-10-12-22(13-11-20)26(2,3)4/h7-13,17H,5-6,14-16,18H2,1-4H3. The van der Waals surface area contributed by atoms with Crippen molar-refractivity contribution in [3.63, 3.8) is 0 Å². The molecule has 1 fully saturated rings. The van der Waals surface area contributed by atoms with Gasteiger partial charge >= 0.3 is 0 Å². The van der Waals surface area contributed by atoms with E-state index in [9.17, 15) is 0 Å². The van der Waals surface area contributed by atoms with Crippen LogP contribution in [0.2, 0.25) is 19.6 Å². The van der Waals surface area contributed by atoms with Crippen LogP contribution in [0.4, 0.5) is 0 Å². The van der Waals surface area contributed by atoms with Crippen LogP contribution in [0.15, 0.2) is 48.0 Å². The first kappa shape index (κ1) is 17.8. The maximum atomic E-state index is 2.51. The molecule has 2 aliphatic carbocycles. The van der Waals surface area contributed by atoms with Gasteiger partial charge in [-0.1, -0.05) is 98.7 Å². The Hall–Kier alpha value is -1.60. The van der Waals surface area contributed by atoms with E-state index in [0.717, 1.165) is 6.42 Å². The Morgan fingerprint density at radius 1 is 0.923 bits per heavy atom. The summed E-state index contributed by atoms with van der Waals surface area (Å²) in [6.07, 6.45) is 10.6. The van der Waals surface area contributed by atoms with Crippen LogP contribution in [-0.2, 0) is 6.42 Å². The second-order valence-corrected chi connectivity index (χ2v) is 15.0. The van der Waals surface area contributed by atoms with E-state index < -0.39 is 8.07 Å². The molecule has 4 rings (SSSR count). The molecule has 0 N–H and O–H groups in total. The van der Waals surface area contributed by atoms with Crippen molar-refractivity contribution < 1.29 is 0 Å². The molecule has 0 heterocycles. The van der Waals surface area contributed by atoms with E-state index in [0.29, 0.717) is 5.41 Å². The lowest BCUT2D eigenvalue weighted by Gasteiger charge is -2.24. The van der Waals surface area contributed by atoms with E-state index in [-0.39, 0.29) is 0 Å². The van der Waals surface area contributed by atoms with E-state index >= 15 is 0 Å². The van der Waals surface area contributed by atoms with Crippen LogP contribution in [0.25, 0.3) is 17.2 Å². The van der Waals surface area contributed by atoms with Gasteiger partial charge in [0.2, 0.25) is 0 Å². The number of hydrogen-bond donors (Lipinski definition) is 0. The van der Waals surface area contributed by atoms with Crippen molar-refractivity contribution in [3.8, 4) is 11.1 Å². The van der Waals surface area contributed by atoms with Crippen molar-refractivity contribution in [2.75, 3.05) is 0 Å². The van der Waals surface area contributed by atoms with Crippen LogP contribution in [0.5, 0.6) is 0 Å². The van der Waals surface area contributed by atoms with Gasteiger partial charge in [-0.25, -0.2) is 0 Å². The Bertz CT molecular complexity index is 827. The van der Waals surface area contributed by atoms with Crippen LogP contribution in [-0.4, -0.2) is 8.07 Å². The SMILES string of the molecule is CC1(CC2=Cc3c(cccc3-c3ccc([Si](C)(C)C)cc3)C2)CCCC1. The van der Waals surface area contributed by atoms with E-state index in [1.165, 1.54) is 54.4 Å². The van der Waals surface area contributed by atoms with E-state index in [2.05, 4.69) is 75.1 Å². The summed E-state index contributed by atoms with van der Waals surface area (Å²) < 4.78 is 0. The summed E-state index contributed by atoms with van der Waals surface area (Å²) in [6, 6.07) is 16.3. The van der Waals surface area contributed by atoms with Crippen molar-refractivity contribution in [1.29, 1.82) is 0 Å². The highest BCUT2D eigenvalue weighted by Gasteiger charge is 2.31. The van der Waals surface area contributed by atoms with Crippen LogP contribution >= 0.6 is 0 Å². The van der Waals surface area contributed by atoms with E-state index in [1.807, 2.05) is 0 Å². The third kappa shape index (κ3) is 3.47. The van der Waals surface area contributed by atoms with Gasteiger partial charge in [-0.05, 0) is 53.4 Å². The fourth-order valence-corrected chi connectivity index (χ4v) is 6.07. The molecule has 0 bridgehead atoms. The van der Waals surface area contributed by atoms with Crippen LogP contribution in [0.3, 0.4) is 0 Å². The number of hydrogen-bond acceptors (Lipinski definition) is 0. The third-order valence-corrected chi connectivity index (χ3v) is 8.55. The highest BCUT2D eigenvalue weighted by atomic mass is 28.3. The summed E-state index contributed by atoms with van der Waals surface area (Å²) in [5, 5.41) is 1.54. The lowest BCUT2D eigenvalue weighted by atomic mass is 9.81. The molecule has 0 unspecified atom stereocenters. The Kier molecular flexibility index (Phi) is 4.47. The van der Waals surface area contributed by atoms with Crippen LogP contribution in [0.1, 0.15) is 50.2 Å². The summed E-state index contributed by atoms with van der Waals surface area (Å²) in [4.78, 5) is 0. The summed E-state index contributed by atoms with van der Waals surface area (Å²) in [5.74, 6) is 0. The average molecular weight is 361 g/mol. The molecule has 0 radical (unpaired) electrons. The lowest BCUT2D eigenvalue weighted by molar-refractivity contribution is 0.333. The van der Waals surface area contributed by atoms with Gasteiger partial charge in [0.15, 0.2) is 0 Å². The average Bonchev–Trinajstić information content (AvgIpc) is 3.19. The molecule has 0 nitrogen and oxygen atoms in total. The van der Waals surface area contributed by atoms with Gasteiger partial charge in [0.25, 0.3) is 0 Å². The molecule has 0 saturated heterocycles. The van der Waals surface area contributed by atoms with Crippen LogP contribution < -0.4 is 5.19 Å². The molecule has 0 spiro atoms. The van der Waals surface area contributed by atoms with Gasteiger partial charge in [0, 0.05) is 0 Å². The molecule has 0 atom stereocenters. The topological polar surface area (TPSA) is 0 Å². The van der Waals surface area contributed by atoms with Gasteiger partial charge in [-0.15, -0.1) is 0 Å². The molecular formula is C25H32Si. The second kappa shape index (κ2) is 6.53. The molecular weight excluding hydrogens is 328 g/mol. The van der Waals surface area contributed by atoms with E-state index in [1.54, 1.807) is 10.8 Å². The number of benzene rings is 2. The zero-order chi connectivity index (χ0) is 18.4. The fraction of sp³-hybridized carbons (Fsp3) is 0.440. The minimum Gasteiger partial charge on any atom is -0.0656 e. The molecule has 26 heavy (non-hydrogen) atoms. The maximum absolute atomic E-state index is 2.51. The summed E-state index contributed by atoms with van der Waals surface area (Å²) in [6.45, 7) is 9.75. The van der Waals surface area contributed by atoms with Gasteiger partial charge in [0.05, 0.1) is 8.07 Å². The first-order chi connectivity index (χ1) is 12.3. The smallest absolute Gasteiger partial charge is 0.0656 e. The molecule has 0 amide bonds. The number of fused-ring (bicyclic) bond motifs is 1. The quantitative estimate of drug-likeness (QED) is 0.525. The summed E-state index contributed by atoms with van der Waals surface area (Å²) in [7, 11) is -1.23. The van der Waals surface area contributed by atoms with Crippen LogP contribution in [0, 0.1) is 5.41 Å². The Balaban J connectivity index is 1.63. The molecule has 2 aromatic carbocycles. The maximum Gasteiger partial charge on any atom is 0.0775 e. The second-order valence-electron chi connectivity index (χ2n) is 9.88. The number of rotatable bonds is 4.